The molecule has 2 aromatic heterocycles. The average molecular weight is 418 g/mol. The second-order valence-electron chi connectivity index (χ2n) is 6.70. The van der Waals surface area contributed by atoms with Crippen molar-refractivity contribution in [2.75, 3.05) is 5.32 Å². The van der Waals surface area contributed by atoms with Crippen LogP contribution in [-0.4, -0.2) is 35.7 Å². The van der Waals surface area contributed by atoms with Gasteiger partial charge in [0, 0.05) is 11.1 Å². The molecule has 9 heteroatoms. The Morgan fingerprint density at radius 2 is 1.87 bits per heavy atom. The number of phenolic OH excluding ortho intramolecular Hbond substituents is 1. The van der Waals surface area contributed by atoms with Crippen molar-refractivity contribution in [3.05, 3.63) is 71.3 Å². The molecule has 0 saturated carbocycles. The fourth-order valence-corrected chi connectivity index (χ4v) is 3.20. The van der Waals surface area contributed by atoms with Crippen molar-refractivity contribution in [1.29, 1.82) is 0 Å². The normalized spacial score (nSPS) is 10.7. The molecule has 150 valence electrons. The summed E-state index contributed by atoms with van der Waals surface area (Å²) in [6.07, 6.45) is 3.03. The van der Waals surface area contributed by atoms with Crippen LogP contribution in [0, 0.1) is 11.7 Å². The summed E-state index contributed by atoms with van der Waals surface area (Å²) < 4.78 is 2.00. The number of rotatable bonds is 5. The van der Waals surface area contributed by atoms with E-state index in [0.29, 0.717) is 27.7 Å². The molecule has 0 radical (unpaired) electrons. The van der Waals surface area contributed by atoms with Gasteiger partial charge in [0.25, 0.3) is 0 Å². The van der Waals surface area contributed by atoms with Gasteiger partial charge in [0.05, 0.1) is 18.1 Å². The number of nitrogens with zero attached hydrogens (tertiary/aromatic N) is 4. The van der Waals surface area contributed by atoms with E-state index in [1.165, 1.54) is 12.4 Å². The highest BCUT2D eigenvalue weighted by Gasteiger charge is 2.13. The fraction of sp³-hybridized carbons (Fsp3) is 0.0952. The smallest absolute Gasteiger partial charge is 0.244 e. The Hall–Kier alpha value is -3.85. The van der Waals surface area contributed by atoms with Gasteiger partial charge in [-0.15, -0.1) is 0 Å². The molecule has 1 amide bonds. The molecule has 0 aliphatic carbocycles. The quantitative estimate of drug-likeness (QED) is 0.426. The maximum atomic E-state index is 12.6. The highest BCUT2D eigenvalue weighted by Crippen LogP contribution is 2.21. The molecule has 0 bridgehead atoms. The van der Waals surface area contributed by atoms with E-state index in [9.17, 15) is 9.90 Å². The van der Waals surface area contributed by atoms with Crippen molar-refractivity contribution >= 4 is 23.8 Å². The van der Waals surface area contributed by atoms with Gasteiger partial charge < -0.3 is 10.4 Å². The highest BCUT2D eigenvalue weighted by molar-refractivity contribution is 7.71. The zero-order valence-electron chi connectivity index (χ0n) is 16.0. The predicted octanol–water partition coefficient (Wildman–Crippen LogP) is 3.72. The van der Waals surface area contributed by atoms with Gasteiger partial charge in [-0.05, 0) is 37.3 Å². The number of carbonyl (C=O) groups excluding carboxylic acids is 1. The highest BCUT2D eigenvalue weighted by atomic mass is 32.1. The Kier molecular flexibility index (Phi) is 5.36. The molecule has 4 rings (SSSR count). The molecule has 0 unspecified atom stereocenters. The first-order valence-electron chi connectivity index (χ1n) is 9.13. The van der Waals surface area contributed by atoms with Crippen LogP contribution < -0.4 is 5.32 Å². The van der Waals surface area contributed by atoms with E-state index < -0.39 is 0 Å². The molecular weight excluding hydrogens is 400 g/mol. The average Bonchev–Trinajstić information content (AvgIpc) is 3.09. The summed E-state index contributed by atoms with van der Waals surface area (Å²) in [5.41, 5.74) is 3.09. The zero-order valence-corrected chi connectivity index (χ0v) is 16.8. The molecule has 0 atom stereocenters. The standard InChI is InChI=1S/C21H18N6O2S/c1-13-4-2-6-15(8-13)20-25-26-21(30)27(20)12-18(29)24-16-10-22-19(23-11-16)14-5-3-7-17(28)9-14/h2-11,28H,12H2,1H3,(H,24,29)(H,26,30). The maximum absolute atomic E-state index is 12.6. The summed E-state index contributed by atoms with van der Waals surface area (Å²) in [5, 5.41) is 19.4. The molecular formula is C21H18N6O2S. The lowest BCUT2D eigenvalue weighted by Crippen LogP contribution is -2.19. The van der Waals surface area contributed by atoms with Gasteiger partial charge in [-0.2, -0.15) is 5.10 Å². The molecule has 0 fully saturated rings. The van der Waals surface area contributed by atoms with Crippen molar-refractivity contribution in [3.8, 4) is 28.5 Å². The van der Waals surface area contributed by atoms with Crippen LogP contribution in [0.15, 0.2) is 60.9 Å². The molecule has 0 saturated heterocycles. The summed E-state index contributed by atoms with van der Waals surface area (Å²) >= 11 is 5.29. The van der Waals surface area contributed by atoms with E-state index in [0.717, 1.165) is 11.1 Å². The molecule has 30 heavy (non-hydrogen) atoms. The van der Waals surface area contributed by atoms with Crippen LogP contribution in [0.4, 0.5) is 5.69 Å². The second-order valence-corrected chi connectivity index (χ2v) is 7.09. The van der Waals surface area contributed by atoms with E-state index in [-0.39, 0.29) is 18.2 Å². The monoisotopic (exact) mass is 418 g/mol. The van der Waals surface area contributed by atoms with Crippen molar-refractivity contribution < 1.29 is 9.90 Å². The molecule has 0 aliphatic rings. The lowest BCUT2D eigenvalue weighted by Gasteiger charge is -2.09. The van der Waals surface area contributed by atoms with Gasteiger partial charge in [0.15, 0.2) is 16.4 Å². The third kappa shape index (κ3) is 4.26. The number of carbonyl (C=O) groups is 1. The zero-order chi connectivity index (χ0) is 21.1. The van der Waals surface area contributed by atoms with E-state index in [2.05, 4.69) is 25.5 Å². The number of aromatic nitrogens is 5. The SMILES string of the molecule is Cc1cccc(-c2n[nH]c(=S)n2CC(=O)Nc2cnc(-c3cccc(O)c3)nc2)c1. The number of aromatic amines is 1. The van der Waals surface area contributed by atoms with Crippen molar-refractivity contribution in [1.82, 2.24) is 24.7 Å². The van der Waals surface area contributed by atoms with E-state index in [1.54, 1.807) is 28.8 Å². The van der Waals surface area contributed by atoms with Crippen LogP contribution in [0.3, 0.4) is 0 Å². The number of aryl methyl sites for hydroxylation is 1. The Morgan fingerprint density at radius 1 is 1.13 bits per heavy atom. The van der Waals surface area contributed by atoms with Crippen molar-refractivity contribution in [2.24, 2.45) is 0 Å². The van der Waals surface area contributed by atoms with Crippen LogP contribution in [-0.2, 0) is 11.3 Å². The molecule has 0 spiro atoms. The number of anilines is 1. The summed E-state index contributed by atoms with van der Waals surface area (Å²) in [6, 6.07) is 14.5. The molecule has 4 aromatic rings. The van der Waals surface area contributed by atoms with Crippen LogP contribution >= 0.6 is 12.2 Å². The lowest BCUT2D eigenvalue weighted by atomic mass is 10.1. The first-order valence-corrected chi connectivity index (χ1v) is 9.54. The van der Waals surface area contributed by atoms with Gasteiger partial charge in [-0.3, -0.25) is 14.5 Å². The number of hydrogen-bond donors (Lipinski definition) is 3. The fourth-order valence-electron chi connectivity index (χ4n) is 3.00. The number of H-pyrrole nitrogens is 1. The second kappa shape index (κ2) is 8.26. The van der Waals surface area contributed by atoms with Crippen molar-refractivity contribution in [3.63, 3.8) is 0 Å². The van der Waals surface area contributed by atoms with Gasteiger partial charge in [-0.1, -0.05) is 35.9 Å². The van der Waals surface area contributed by atoms with Gasteiger partial charge in [0.2, 0.25) is 5.91 Å². The van der Waals surface area contributed by atoms with E-state index in [4.69, 9.17) is 12.2 Å². The van der Waals surface area contributed by atoms with Gasteiger partial charge in [0.1, 0.15) is 12.3 Å². The molecule has 0 aliphatic heterocycles. The van der Waals surface area contributed by atoms with Crippen molar-refractivity contribution in [2.45, 2.75) is 13.5 Å². The van der Waals surface area contributed by atoms with Crippen LogP contribution in [0.2, 0.25) is 0 Å². The summed E-state index contributed by atoms with van der Waals surface area (Å²) in [6.45, 7) is 1.98. The molecule has 8 nitrogen and oxygen atoms in total. The Morgan fingerprint density at radius 3 is 2.60 bits per heavy atom. The maximum Gasteiger partial charge on any atom is 0.244 e. The number of phenols is 1. The van der Waals surface area contributed by atoms with E-state index in [1.807, 2.05) is 31.2 Å². The number of amides is 1. The first kappa shape index (κ1) is 19.5. The summed E-state index contributed by atoms with van der Waals surface area (Å²) in [7, 11) is 0. The summed E-state index contributed by atoms with van der Waals surface area (Å²) in [5.74, 6) is 0.891. The molecule has 3 N–H and O–H groups in total. The Labute approximate surface area is 177 Å². The minimum atomic E-state index is -0.282. The number of aromatic hydroxyl groups is 1. The van der Waals surface area contributed by atoms with Crippen LogP contribution in [0.5, 0.6) is 5.75 Å². The third-order valence-electron chi connectivity index (χ3n) is 4.38. The third-order valence-corrected chi connectivity index (χ3v) is 4.69. The minimum absolute atomic E-state index is 0.00703. The Bertz CT molecular complexity index is 1260. The number of benzene rings is 2. The topological polar surface area (TPSA) is 109 Å². The molecule has 2 heterocycles. The molecule has 2 aromatic carbocycles. The van der Waals surface area contributed by atoms with Crippen LogP contribution in [0.25, 0.3) is 22.8 Å². The Balaban J connectivity index is 1.49. The van der Waals surface area contributed by atoms with Gasteiger partial charge in [-0.25, -0.2) is 9.97 Å². The minimum Gasteiger partial charge on any atom is -0.508 e. The predicted molar refractivity (Wildman–Crippen MR) is 115 cm³/mol. The largest absolute Gasteiger partial charge is 0.508 e. The van der Waals surface area contributed by atoms with E-state index >= 15 is 0 Å². The first-order chi connectivity index (χ1) is 14.5. The van der Waals surface area contributed by atoms with Crippen LogP contribution in [0.1, 0.15) is 5.56 Å². The summed E-state index contributed by atoms with van der Waals surface area (Å²) in [4.78, 5) is 21.1. The van der Waals surface area contributed by atoms with Gasteiger partial charge >= 0.3 is 0 Å². The number of hydrogen-bond acceptors (Lipinski definition) is 6. The number of nitrogens with one attached hydrogen (secondary N) is 2. The lowest BCUT2D eigenvalue weighted by molar-refractivity contribution is -0.116.